The van der Waals surface area contributed by atoms with Gasteiger partial charge in [0, 0.05) is 36.9 Å². The lowest BCUT2D eigenvalue weighted by molar-refractivity contribution is 0.0491. The van der Waals surface area contributed by atoms with Crippen LogP contribution in [-0.4, -0.2) is 37.9 Å². The van der Waals surface area contributed by atoms with Crippen LogP contribution in [0.4, 0.5) is 10.2 Å². The number of aromatic nitrogens is 4. The summed E-state index contributed by atoms with van der Waals surface area (Å²) in [4.78, 5) is 27.6. The summed E-state index contributed by atoms with van der Waals surface area (Å²) < 4.78 is 13.6. The lowest BCUT2D eigenvalue weighted by Crippen LogP contribution is -2.50. The third kappa shape index (κ3) is 3.49. The largest absolute Gasteiger partial charge is 0.363 e. The first-order valence-electron chi connectivity index (χ1n) is 8.92. The summed E-state index contributed by atoms with van der Waals surface area (Å²) in [5.41, 5.74) is 0.805. The van der Waals surface area contributed by atoms with Crippen molar-refractivity contribution >= 4 is 11.7 Å². The molecule has 136 valence electrons. The van der Waals surface area contributed by atoms with E-state index in [4.69, 9.17) is 0 Å². The minimum absolute atomic E-state index is 0.113. The topological polar surface area (TPSA) is 92.7 Å². The van der Waals surface area contributed by atoms with Gasteiger partial charge in [0.25, 0.3) is 11.9 Å². The minimum atomic E-state index is -0.551. The van der Waals surface area contributed by atoms with Gasteiger partial charge in [-0.15, -0.1) is 0 Å². The van der Waals surface area contributed by atoms with Gasteiger partial charge in [0.05, 0.1) is 5.56 Å². The van der Waals surface area contributed by atoms with Crippen LogP contribution >= 0.6 is 0 Å². The van der Waals surface area contributed by atoms with E-state index in [9.17, 15) is 9.18 Å². The Hall–Kier alpha value is -2.64. The van der Waals surface area contributed by atoms with Crippen LogP contribution in [0.1, 0.15) is 48.9 Å². The maximum atomic E-state index is 13.6. The van der Waals surface area contributed by atoms with Crippen molar-refractivity contribution in [2.45, 2.75) is 50.6 Å². The van der Waals surface area contributed by atoms with Crippen molar-refractivity contribution in [3.05, 3.63) is 42.6 Å². The summed E-state index contributed by atoms with van der Waals surface area (Å²) in [5, 5.41) is 6.23. The quantitative estimate of drug-likeness (QED) is 0.873. The Morgan fingerprint density at radius 3 is 2.46 bits per heavy atom. The molecule has 2 heterocycles. The van der Waals surface area contributed by atoms with E-state index in [-0.39, 0.29) is 23.8 Å². The van der Waals surface area contributed by atoms with Crippen molar-refractivity contribution in [2.24, 2.45) is 5.41 Å². The molecule has 2 N–H and O–H groups in total. The zero-order chi connectivity index (χ0) is 18.0. The Labute approximate surface area is 150 Å². The minimum Gasteiger partial charge on any atom is -0.363 e. The average molecular weight is 356 g/mol. The van der Waals surface area contributed by atoms with E-state index in [1.54, 1.807) is 0 Å². The first kappa shape index (κ1) is 16.8. The van der Waals surface area contributed by atoms with Crippen LogP contribution in [0.5, 0.6) is 0 Å². The van der Waals surface area contributed by atoms with Gasteiger partial charge in [-0.1, -0.05) is 0 Å². The van der Waals surface area contributed by atoms with Crippen molar-refractivity contribution in [2.75, 3.05) is 5.32 Å². The van der Waals surface area contributed by atoms with Crippen LogP contribution in [0.3, 0.4) is 0 Å². The van der Waals surface area contributed by atoms with Gasteiger partial charge in [0.15, 0.2) is 5.82 Å². The number of halogens is 1. The Morgan fingerprint density at radius 1 is 1.08 bits per heavy atom. The molecule has 0 unspecified atom stereocenters. The van der Waals surface area contributed by atoms with E-state index in [0.29, 0.717) is 11.0 Å². The number of rotatable bonds is 4. The van der Waals surface area contributed by atoms with Crippen LogP contribution in [0.2, 0.25) is 0 Å². The highest BCUT2D eigenvalue weighted by Gasteiger charge is 2.46. The molecule has 2 saturated carbocycles. The molecular weight excluding hydrogens is 335 g/mol. The molecule has 2 aliphatic carbocycles. The third-order valence-corrected chi connectivity index (χ3v) is 5.56. The van der Waals surface area contributed by atoms with Gasteiger partial charge in [0.1, 0.15) is 6.33 Å². The zero-order valence-electron chi connectivity index (χ0n) is 14.4. The van der Waals surface area contributed by atoms with E-state index < -0.39 is 5.95 Å². The summed E-state index contributed by atoms with van der Waals surface area (Å²) in [6.45, 7) is 0. The second-order valence-electron chi connectivity index (χ2n) is 7.32. The predicted molar refractivity (Wildman–Crippen MR) is 92.8 cm³/mol. The molecule has 2 fully saturated rings. The second kappa shape index (κ2) is 6.93. The van der Waals surface area contributed by atoms with Crippen molar-refractivity contribution < 1.29 is 9.18 Å². The summed E-state index contributed by atoms with van der Waals surface area (Å²) in [6.07, 6.45) is 13.4. The Bertz CT molecular complexity index is 770. The first-order valence-corrected chi connectivity index (χ1v) is 8.92. The second-order valence-corrected chi connectivity index (χ2v) is 7.32. The maximum Gasteiger partial charge on any atom is 0.255 e. The summed E-state index contributed by atoms with van der Waals surface area (Å²) in [5.74, 6) is -0.430. The van der Waals surface area contributed by atoms with Gasteiger partial charge in [-0.3, -0.25) is 4.79 Å². The maximum absolute atomic E-state index is 13.6. The molecule has 0 aliphatic heterocycles. The zero-order valence-corrected chi connectivity index (χ0v) is 14.4. The average Bonchev–Trinajstić information content (AvgIpc) is 2.64. The molecule has 0 saturated heterocycles. The van der Waals surface area contributed by atoms with Gasteiger partial charge in [0.2, 0.25) is 0 Å². The number of anilines is 1. The van der Waals surface area contributed by atoms with Crippen LogP contribution in [0, 0.1) is 11.4 Å². The van der Waals surface area contributed by atoms with Crippen molar-refractivity contribution in [1.82, 2.24) is 25.3 Å². The highest BCUT2D eigenvalue weighted by atomic mass is 19.1. The molecule has 0 bridgehead atoms. The van der Waals surface area contributed by atoms with Crippen LogP contribution < -0.4 is 10.6 Å². The summed E-state index contributed by atoms with van der Waals surface area (Å²) >= 11 is 0. The predicted octanol–water partition coefficient (Wildman–Crippen LogP) is 2.34. The molecule has 1 spiro atoms. The Morgan fingerprint density at radius 2 is 1.77 bits per heavy atom. The lowest BCUT2D eigenvalue weighted by Gasteiger charge is -2.51. The number of carbonyl (C=O) groups is 1. The molecule has 1 amide bonds. The third-order valence-electron chi connectivity index (χ3n) is 5.56. The van der Waals surface area contributed by atoms with Crippen LogP contribution in [-0.2, 0) is 0 Å². The monoisotopic (exact) mass is 356 g/mol. The van der Waals surface area contributed by atoms with E-state index in [2.05, 4.69) is 30.6 Å². The molecule has 2 aliphatic rings. The fraction of sp³-hybridized carbons (Fsp3) is 0.500. The van der Waals surface area contributed by atoms with Crippen molar-refractivity contribution in [3.63, 3.8) is 0 Å². The summed E-state index contributed by atoms with van der Waals surface area (Å²) in [6, 6.07) is 0.437. The van der Waals surface area contributed by atoms with E-state index in [1.807, 2.05) is 0 Å². The fourth-order valence-electron chi connectivity index (χ4n) is 4.17. The molecule has 4 rings (SSSR count). The van der Waals surface area contributed by atoms with Crippen molar-refractivity contribution in [1.29, 1.82) is 0 Å². The molecule has 0 atom stereocenters. The number of nitrogens with one attached hydrogen (secondary N) is 2. The Kier molecular flexibility index (Phi) is 4.48. The van der Waals surface area contributed by atoms with Gasteiger partial charge >= 0.3 is 0 Å². The van der Waals surface area contributed by atoms with E-state index in [1.165, 1.54) is 31.1 Å². The highest BCUT2D eigenvalue weighted by molar-refractivity contribution is 5.93. The van der Waals surface area contributed by atoms with Gasteiger partial charge in [-0.2, -0.15) is 4.39 Å². The van der Waals surface area contributed by atoms with E-state index in [0.717, 1.165) is 38.5 Å². The van der Waals surface area contributed by atoms with Crippen LogP contribution in [0.25, 0.3) is 0 Å². The van der Waals surface area contributed by atoms with Gasteiger partial charge in [-0.05, 0) is 43.9 Å². The molecule has 26 heavy (non-hydrogen) atoms. The van der Waals surface area contributed by atoms with E-state index >= 15 is 0 Å². The number of amides is 1. The molecule has 0 radical (unpaired) electrons. The summed E-state index contributed by atoms with van der Waals surface area (Å²) in [7, 11) is 0. The molecular formula is C18H21FN6O. The number of nitrogens with zero attached hydrogens (tertiary/aromatic N) is 4. The number of hydrogen-bond acceptors (Lipinski definition) is 6. The van der Waals surface area contributed by atoms with Gasteiger partial charge < -0.3 is 10.6 Å². The first-order chi connectivity index (χ1) is 12.6. The molecule has 2 aromatic rings. The van der Waals surface area contributed by atoms with Crippen LogP contribution in [0.15, 0.2) is 31.1 Å². The molecule has 8 heteroatoms. The smallest absolute Gasteiger partial charge is 0.255 e. The SMILES string of the molecule is O=C(NC1CCC2(CC1)CC(Nc1nccnc1F)C2)c1cncnc1. The number of hydrogen-bond donors (Lipinski definition) is 2. The lowest BCUT2D eigenvalue weighted by atomic mass is 9.57. The fourth-order valence-corrected chi connectivity index (χ4v) is 4.17. The van der Waals surface area contributed by atoms with Gasteiger partial charge in [-0.25, -0.2) is 19.9 Å². The Balaban J connectivity index is 1.25. The normalized spacial score (nSPS) is 27.6. The molecule has 2 aromatic heterocycles. The standard InChI is InChI=1S/C18H21FN6O/c19-15-16(23-6-5-22-15)24-14-7-18(8-14)3-1-13(2-4-18)25-17(26)12-9-20-11-21-10-12/h5-6,9-11,13-14H,1-4,7-8H2,(H,23,24)(H,25,26). The number of carbonyl (C=O) groups excluding carboxylic acids is 1. The molecule has 0 aromatic carbocycles. The molecule has 7 nitrogen and oxygen atoms in total. The highest BCUT2D eigenvalue weighted by Crippen LogP contribution is 2.52. The van der Waals surface area contributed by atoms with Crippen molar-refractivity contribution in [3.8, 4) is 0 Å².